The zero-order valence-corrected chi connectivity index (χ0v) is 13.6. The summed E-state index contributed by atoms with van der Waals surface area (Å²) in [5, 5.41) is 0. The molecule has 1 amide bonds. The summed E-state index contributed by atoms with van der Waals surface area (Å²) in [5.74, 6) is -0.406. The SMILES string of the molecule is CC(N)(CCCCN1CCN(C(C)(C)C)CC1)C(N)=O. The van der Waals surface area contributed by atoms with Crippen molar-refractivity contribution in [3.05, 3.63) is 0 Å². The van der Waals surface area contributed by atoms with Gasteiger partial charge in [0.1, 0.15) is 0 Å². The molecule has 0 aliphatic carbocycles. The van der Waals surface area contributed by atoms with Crippen LogP contribution in [0.4, 0.5) is 0 Å². The Balaban J connectivity index is 2.18. The highest BCUT2D eigenvalue weighted by atomic mass is 16.1. The van der Waals surface area contributed by atoms with E-state index in [-0.39, 0.29) is 5.54 Å². The largest absolute Gasteiger partial charge is 0.368 e. The highest BCUT2D eigenvalue weighted by Gasteiger charge is 2.26. The van der Waals surface area contributed by atoms with Crippen LogP contribution in [0, 0.1) is 0 Å². The Bertz CT molecular complexity index is 314. The molecule has 0 bridgehead atoms. The van der Waals surface area contributed by atoms with E-state index in [1.807, 2.05) is 0 Å². The predicted molar refractivity (Wildman–Crippen MR) is 83.4 cm³/mol. The molecule has 0 spiro atoms. The van der Waals surface area contributed by atoms with Gasteiger partial charge in [-0.3, -0.25) is 9.69 Å². The fourth-order valence-corrected chi connectivity index (χ4v) is 2.59. The monoisotopic (exact) mass is 284 g/mol. The van der Waals surface area contributed by atoms with Crippen molar-refractivity contribution < 1.29 is 4.79 Å². The highest BCUT2D eigenvalue weighted by Crippen LogP contribution is 2.16. The van der Waals surface area contributed by atoms with Crippen LogP contribution in [-0.2, 0) is 4.79 Å². The van der Waals surface area contributed by atoms with E-state index in [1.54, 1.807) is 6.92 Å². The summed E-state index contributed by atoms with van der Waals surface area (Å²) >= 11 is 0. The normalized spacial score (nSPS) is 21.6. The van der Waals surface area contributed by atoms with Crippen LogP contribution in [0.25, 0.3) is 0 Å². The van der Waals surface area contributed by atoms with E-state index in [2.05, 4.69) is 30.6 Å². The highest BCUT2D eigenvalue weighted by molar-refractivity contribution is 5.83. The third-order valence-corrected chi connectivity index (χ3v) is 4.30. The van der Waals surface area contributed by atoms with Gasteiger partial charge in [-0.2, -0.15) is 0 Å². The molecule has 1 rings (SSSR count). The quantitative estimate of drug-likeness (QED) is 0.707. The Labute approximate surface area is 123 Å². The van der Waals surface area contributed by atoms with Crippen LogP contribution in [0.2, 0.25) is 0 Å². The molecule has 118 valence electrons. The van der Waals surface area contributed by atoms with Gasteiger partial charge in [-0.05, 0) is 53.5 Å². The molecule has 1 unspecified atom stereocenters. The van der Waals surface area contributed by atoms with Gasteiger partial charge >= 0.3 is 0 Å². The molecule has 5 heteroatoms. The molecule has 0 saturated carbocycles. The maximum Gasteiger partial charge on any atom is 0.237 e. The Morgan fingerprint density at radius 3 is 2.05 bits per heavy atom. The van der Waals surface area contributed by atoms with Gasteiger partial charge in [-0.1, -0.05) is 0 Å². The van der Waals surface area contributed by atoms with Gasteiger partial charge < -0.3 is 16.4 Å². The van der Waals surface area contributed by atoms with Crippen molar-refractivity contribution in [1.82, 2.24) is 9.80 Å². The van der Waals surface area contributed by atoms with Gasteiger partial charge in [-0.25, -0.2) is 0 Å². The summed E-state index contributed by atoms with van der Waals surface area (Å²) in [5.41, 5.74) is 10.5. The summed E-state index contributed by atoms with van der Waals surface area (Å²) in [4.78, 5) is 16.2. The predicted octanol–water partition coefficient (Wildman–Crippen LogP) is 0.776. The number of unbranched alkanes of at least 4 members (excludes halogenated alkanes) is 1. The second kappa shape index (κ2) is 6.87. The van der Waals surface area contributed by atoms with Gasteiger partial charge in [0, 0.05) is 31.7 Å². The number of hydrogen-bond acceptors (Lipinski definition) is 4. The molecule has 0 radical (unpaired) electrons. The Morgan fingerprint density at radius 1 is 1.05 bits per heavy atom. The average molecular weight is 284 g/mol. The van der Waals surface area contributed by atoms with Gasteiger partial charge in [0.2, 0.25) is 5.91 Å². The first-order chi connectivity index (χ1) is 9.13. The number of amides is 1. The van der Waals surface area contributed by atoms with Crippen LogP contribution >= 0.6 is 0 Å². The molecule has 4 N–H and O–H groups in total. The third-order valence-electron chi connectivity index (χ3n) is 4.30. The number of rotatable bonds is 6. The van der Waals surface area contributed by atoms with Crippen LogP contribution < -0.4 is 11.5 Å². The number of carbonyl (C=O) groups excluding carboxylic acids is 1. The van der Waals surface area contributed by atoms with Crippen LogP contribution in [-0.4, -0.2) is 59.5 Å². The summed E-state index contributed by atoms with van der Waals surface area (Å²) < 4.78 is 0. The molecule has 1 aliphatic heterocycles. The molecule has 1 fully saturated rings. The lowest BCUT2D eigenvalue weighted by Crippen LogP contribution is -2.53. The average Bonchev–Trinajstić information content (AvgIpc) is 2.34. The maximum absolute atomic E-state index is 11.1. The van der Waals surface area contributed by atoms with E-state index in [0.29, 0.717) is 6.42 Å². The molecule has 1 heterocycles. The van der Waals surface area contributed by atoms with Crippen LogP contribution in [0.1, 0.15) is 47.0 Å². The zero-order valence-electron chi connectivity index (χ0n) is 13.6. The van der Waals surface area contributed by atoms with E-state index < -0.39 is 11.4 Å². The Kier molecular flexibility index (Phi) is 5.98. The Morgan fingerprint density at radius 2 is 1.60 bits per heavy atom. The molecular weight excluding hydrogens is 252 g/mol. The summed E-state index contributed by atoms with van der Waals surface area (Å²) in [6.45, 7) is 14.2. The smallest absolute Gasteiger partial charge is 0.237 e. The van der Waals surface area contributed by atoms with Crippen molar-refractivity contribution in [3.63, 3.8) is 0 Å². The lowest BCUT2D eigenvalue weighted by Gasteiger charge is -2.42. The van der Waals surface area contributed by atoms with Gasteiger partial charge in [0.25, 0.3) is 0 Å². The van der Waals surface area contributed by atoms with Crippen molar-refractivity contribution in [1.29, 1.82) is 0 Å². The van der Waals surface area contributed by atoms with Gasteiger partial charge in [-0.15, -0.1) is 0 Å². The topological polar surface area (TPSA) is 75.6 Å². The maximum atomic E-state index is 11.1. The van der Waals surface area contributed by atoms with E-state index in [4.69, 9.17) is 11.5 Å². The summed E-state index contributed by atoms with van der Waals surface area (Å²) in [6, 6.07) is 0. The van der Waals surface area contributed by atoms with E-state index in [9.17, 15) is 4.79 Å². The number of hydrogen-bond donors (Lipinski definition) is 2. The van der Waals surface area contributed by atoms with Crippen molar-refractivity contribution in [2.24, 2.45) is 11.5 Å². The van der Waals surface area contributed by atoms with E-state index in [0.717, 1.165) is 45.6 Å². The van der Waals surface area contributed by atoms with Crippen molar-refractivity contribution in [3.8, 4) is 0 Å². The lowest BCUT2D eigenvalue weighted by atomic mass is 9.95. The molecule has 0 aromatic rings. The minimum absolute atomic E-state index is 0.273. The molecule has 1 atom stereocenters. The van der Waals surface area contributed by atoms with Gasteiger partial charge in [0.15, 0.2) is 0 Å². The number of carbonyl (C=O) groups is 1. The minimum Gasteiger partial charge on any atom is -0.368 e. The second-order valence-electron chi connectivity index (χ2n) is 7.24. The molecule has 0 aromatic heterocycles. The molecule has 0 aromatic carbocycles. The molecule has 1 aliphatic rings. The zero-order chi connectivity index (χ0) is 15.4. The van der Waals surface area contributed by atoms with Crippen LogP contribution in [0.5, 0.6) is 0 Å². The number of nitrogens with zero attached hydrogens (tertiary/aromatic N) is 2. The lowest BCUT2D eigenvalue weighted by molar-refractivity contribution is -0.122. The fraction of sp³-hybridized carbons (Fsp3) is 0.933. The summed E-state index contributed by atoms with van der Waals surface area (Å²) in [7, 11) is 0. The number of piperazine rings is 1. The first-order valence-corrected chi connectivity index (χ1v) is 7.69. The molecule has 20 heavy (non-hydrogen) atoms. The number of nitrogens with two attached hydrogens (primary N) is 2. The standard InChI is InChI=1S/C15H32N4O/c1-14(2,3)19-11-9-18(10-12-19)8-6-5-7-15(4,17)13(16)20/h5-12,17H2,1-4H3,(H2,16,20). The van der Waals surface area contributed by atoms with E-state index >= 15 is 0 Å². The first kappa shape index (κ1) is 17.4. The molecular formula is C15H32N4O. The number of primary amides is 1. The van der Waals surface area contributed by atoms with Gasteiger partial charge in [0.05, 0.1) is 5.54 Å². The molecule has 5 nitrogen and oxygen atoms in total. The van der Waals surface area contributed by atoms with Crippen molar-refractivity contribution >= 4 is 5.91 Å². The molecule has 1 saturated heterocycles. The van der Waals surface area contributed by atoms with Crippen LogP contribution in [0.3, 0.4) is 0 Å². The van der Waals surface area contributed by atoms with E-state index in [1.165, 1.54) is 0 Å². The third kappa shape index (κ3) is 5.38. The minimum atomic E-state index is -0.856. The fourth-order valence-electron chi connectivity index (χ4n) is 2.59. The van der Waals surface area contributed by atoms with Crippen molar-refractivity contribution in [2.75, 3.05) is 32.7 Å². The second-order valence-corrected chi connectivity index (χ2v) is 7.24. The summed E-state index contributed by atoms with van der Waals surface area (Å²) in [6.07, 6.45) is 2.70. The Hall–Kier alpha value is -0.650. The first-order valence-electron chi connectivity index (χ1n) is 7.69. The van der Waals surface area contributed by atoms with Crippen LogP contribution in [0.15, 0.2) is 0 Å². The van der Waals surface area contributed by atoms with Crippen molar-refractivity contribution in [2.45, 2.75) is 58.0 Å².